The number of carbonyl (C=O) groups is 2. The molecule has 1 fully saturated rings. The number of thiocarbonyl (C=S) groups is 1. The van der Waals surface area contributed by atoms with Gasteiger partial charge in [0.15, 0.2) is 0 Å². The van der Waals surface area contributed by atoms with E-state index in [1.807, 2.05) is 19.1 Å². The van der Waals surface area contributed by atoms with Crippen LogP contribution in [0.3, 0.4) is 0 Å². The lowest BCUT2D eigenvalue weighted by atomic mass is 10.2. The van der Waals surface area contributed by atoms with Crippen molar-refractivity contribution in [2.24, 2.45) is 0 Å². The van der Waals surface area contributed by atoms with Crippen LogP contribution in [0.15, 0.2) is 23.2 Å². The molecule has 1 N–H and O–H groups in total. The number of hydrogen-bond acceptors (Lipinski definition) is 5. The van der Waals surface area contributed by atoms with Gasteiger partial charge in [-0.25, -0.2) is 0 Å². The number of aromatic nitrogens is 1. The minimum atomic E-state index is -0.875. The molecule has 2 rings (SSSR count). The highest BCUT2D eigenvalue weighted by Gasteiger charge is 2.31. The highest BCUT2D eigenvalue weighted by atomic mass is 32.2. The molecular weight excluding hydrogens is 308 g/mol. The lowest BCUT2D eigenvalue weighted by Gasteiger charge is -2.13. The molecule has 1 aliphatic heterocycles. The maximum absolute atomic E-state index is 12.3. The molecule has 7 heteroatoms. The van der Waals surface area contributed by atoms with Gasteiger partial charge in [0.25, 0.3) is 5.91 Å². The Hall–Kier alpha value is -1.73. The van der Waals surface area contributed by atoms with Crippen molar-refractivity contribution in [2.45, 2.75) is 19.8 Å². The van der Waals surface area contributed by atoms with Crippen LogP contribution in [-0.2, 0) is 9.59 Å². The van der Waals surface area contributed by atoms with Crippen molar-refractivity contribution in [2.75, 3.05) is 6.54 Å². The zero-order chi connectivity index (χ0) is 15.4. The fraction of sp³-hybridized carbons (Fsp3) is 0.286. The van der Waals surface area contributed by atoms with Crippen LogP contribution in [0.5, 0.6) is 0 Å². The zero-order valence-corrected chi connectivity index (χ0v) is 13.0. The molecule has 0 spiro atoms. The summed E-state index contributed by atoms with van der Waals surface area (Å²) < 4.78 is 0.463. The van der Waals surface area contributed by atoms with Gasteiger partial charge in [0.1, 0.15) is 4.32 Å². The third kappa shape index (κ3) is 3.89. The average Bonchev–Trinajstić information content (AvgIpc) is 2.68. The van der Waals surface area contributed by atoms with Gasteiger partial charge in [-0.15, -0.1) is 0 Å². The minimum absolute atomic E-state index is 0.0233. The SMILES string of the molecule is Cc1cccnc1/C=C1\SC(=S)N(CCCC(=O)O)C1=O. The third-order valence-corrected chi connectivity index (χ3v) is 4.34. The third-order valence-electron chi connectivity index (χ3n) is 2.96. The number of aryl methyl sites for hydroxylation is 1. The van der Waals surface area contributed by atoms with Gasteiger partial charge in [0, 0.05) is 19.2 Å². The minimum Gasteiger partial charge on any atom is -0.481 e. The molecule has 0 bridgehead atoms. The maximum Gasteiger partial charge on any atom is 0.303 e. The number of rotatable bonds is 5. The molecule has 2 heterocycles. The number of carbonyl (C=O) groups excluding carboxylic acids is 1. The molecule has 1 saturated heterocycles. The maximum atomic E-state index is 12.3. The average molecular weight is 322 g/mol. The summed E-state index contributed by atoms with van der Waals surface area (Å²) in [5.41, 5.74) is 1.72. The Morgan fingerprint density at radius 2 is 2.33 bits per heavy atom. The predicted octanol–water partition coefficient (Wildman–Crippen LogP) is 2.46. The molecule has 0 aliphatic carbocycles. The summed E-state index contributed by atoms with van der Waals surface area (Å²) in [4.78, 5) is 29.0. The van der Waals surface area contributed by atoms with E-state index in [1.165, 1.54) is 16.7 Å². The number of hydrogen-bond donors (Lipinski definition) is 1. The van der Waals surface area contributed by atoms with Crippen molar-refractivity contribution >= 4 is 46.3 Å². The van der Waals surface area contributed by atoms with Gasteiger partial charge in [-0.05, 0) is 31.1 Å². The molecule has 1 aromatic heterocycles. The first-order valence-electron chi connectivity index (χ1n) is 6.38. The summed E-state index contributed by atoms with van der Waals surface area (Å²) in [6.45, 7) is 2.25. The Labute approximate surface area is 132 Å². The van der Waals surface area contributed by atoms with Gasteiger partial charge >= 0.3 is 5.97 Å². The van der Waals surface area contributed by atoms with Gasteiger partial charge in [-0.2, -0.15) is 0 Å². The molecule has 0 radical (unpaired) electrons. The van der Waals surface area contributed by atoms with Crippen molar-refractivity contribution in [1.29, 1.82) is 0 Å². The molecule has 0 saturated carbocycles. The first-order valence-corrected chi connectivity index (χ1v) is 7.60. The van der Waals surface area contributed by atoms with Gasteiger partial charge in [-0.1, -0.05) is 30.0 Å². The van der Waals surface area contributed by atoms with Crippen LogP contribution in [0.2, 0.25) is 0 Å². The molecular formula is C14H14N2O3S2. The van der Waals surface area contributed by atoms with Crippen molar-refractivity contribution in [1.82, 2.24) is 9.88 Å². The van der Waals surface area contributed by atoms with Gasteiger partial charge in [-0.3, -0.25) is 19.5 Å². The van der Waals surface area contributed by atoms with Crippen molar-refractivity contribution in [3.8, 4) is 0 Å². The second-order valence-electron chi connectivity index (χ2n) is 4.54. The molecule has 1 aliphatic rings. The number of carboxylic acid groups (broad SMARTS) is 1. The van der Waals surface area contributed by atoms with Gasteiger partial charge in [0.2, 0.25) is 0 Å². The summed E-state index contributed by atoms with van der Waals surface area (Å²) in [6.07, 6.45) is 3.81. The summed E-state index contributed by atoms with van der Waals surface area (Å²) in [5, 5.41) is 8.64. The zero-order valence-electron chi connectivity index (χ0n) is 11.4. The van der Waals surface area contributed by atoms with Crippen LogP contribution >= 0.6 is 24.0 Å². The topological polar surface area (TPSA) is 70.5 Å². The fourth-order valence-corrected chi connectivity index (χ4v) is 3.14. The smallest absolute Gasteiger partial charge is 0.303 e. The van der Waals surface area contributed by atoms with Gasteiger partial charge < -0.3 is 5.11 Å². The Morgan fingerprint density at radius 1 is 1.57 bits per heavy atom. The Morgan fingerprint density at radius 3 is 3.00 bits per heavy atom. The van der Waals surface area contributed by atoms with E-state index in [-0.39, 0.29) is 12.3 Å². The fourth-order valence-electron chi connectivity index (χ4n) is 1.85. The quantitative estimate of drug-likeness (QED) is 0.663. The highest BCUT2D eigenvalue weighted by Crippen LogP contribution is 2.32. The normalized spacial score (nSPS) is 16.8. The Balaban J connectivity index is 2.11. The van der Waals surface area contributed by atoms with E-state index in [0.717, 1.165) is 11.3 Å². The van der Waals surface area contributed by atoms with Crippen LogP contribution < -0.4 is 0 Å². The first-order chi connectivity index (χ1) is 9.99. The predicted molar refractivity (Wildman–Crippen MR) is 85.7 cm³/mol. The van der Waals surface area contributed by atoms with Crippen LogP contribution in [-0.4, -0.2) is 37.7 Å². The Kier molecular flexibility index (Phi) is 5.08. The molecule has 0 unspecified atom stereocenters. The summed E-state index contributed by atoms with van der Waals surface area (Å²) in [5.74, 6) is -1.06. The lowest BCUT2D eigenvalue weighted by molar-refractivity contribution is -0.137. The van der Waals surface area contributed by atoms with E-state index in [4.69, 9.17) is 17.3 Å². The highest BCUT2D eigenvalue weighted by molar-refractivity contribution is 8.26. The number of nitrogens with zero attached hydrogens (tertiary/aromatic N) is 2. The second kappa shape index (κ2) is 6.82. The standard InChI is InChI=1S/C14H14N2O3S2/c1-9-4-2-6-15-10(9)8-11-13(19)16(14(20)21-11)7-3-5-12(17)18/h2,4,6,8H,3,5,7H2,1H3,(H,17,18)/b11-8-. The monoisotopic (exact) mass is 322 g/mol. The second-order valence-corrected chi connectivity index (χ2v) is 6.21. The van der Waals surface area contributed by atoms with Crippen LogP contribution in [0, 0.1) is 6.92 Å². The number of aliphatic carboxylic acids is 1. The van der Waals surface area contributed by atoms with E-state index in [2.05, 4.69) is 4.98 Å². The lowest BCUT2D eigenvalue weighted by Crippen LogP contribution is -2.29. The molecule has 5 nitrogen and oxygen atoms in total. The van der Waals surface area contributed by atoms with E-state index in [0.29, 0.717) is 22.2 Å². The van der Waals surface area contributed by atoms with Crippen molar-refractivity contribution in [3.63, 3.8) is 0 Å². The van der Waals surface area contributed by atoms with E-state index < -0.39 is 5.97 Å². The van der Waals surface area contributed by atoms with Crippen LogP contribution in [0.4, 0.5) is 0 Å². The Bertz CT molecular complexity index is 628. The number of thioether (sulfide) groups is 1. The first kappa shape index (κ1) is 15.7. The van der Waals surface area contributed by atoms with Crippen molar-refractivity contribution in [3.05, 3.63) is 34.5 Å². The molecule has 1 aromatic rings. The van der Waals surface area contributed by atoms with E-state index in [9.17, 15) is 9.59 Å². The summed E-state index contributed by atoms with van der Waals surface area (Å²) >= 11 is 6.41. The molecule has 0 atom stereocenters. The summed E-state index contributed by atoms with van der Waals surface area (Å²) in [7, 11) is 0. The van der Waals surface area contributed by atoms with E-state index >= 15 is 0 Å². The molecule has 21 heavy (non-hydrogen) atoms. The van der Waals surface area contributed by atoms with Gasteiger partial charge in [0.05, 0.1) is 10.6 Å². The van der Waals surface area contributed by atoms with E-state index in [1.54, 1.807) is 12.3 Å². The van der Waals surface area contributed by atoms with Crippen molar-refractivity contribution < 1.29 is 14.7 Å². The number of pyridine rings is 1. The summed E-state index contributed by atoms with van der Waals surface area (Å²) in [6, 6.07) is 3.76. The number of carboxylic acids is 1. The van der Waals surface area contributed by atoms with Crippen LogP contribution in [0.25, 0.3) is 6.08 Å². The number of amides is 1. The molecule has 1 amide bonds. The van der Waals surface area contributed by atoms with Crippen LogP contribution in [0.1, 0.15) is 24.1 Å². The largest absolute Gasteiger partial charge is 0.481 e. The molecule has 0 aromatic carbocycles. The molecule has 110 valence electrons.